The molecule has 0 unspecified atom stereocenters. The van der Waals surface area contributed by atoms with E-state index in [4.69, 9.17) is 9.15 Å². The van der Waals surface area contributed by atoms with Crippen LogP contribution in [0.4, 0.5) is 11.4 Å². The van der Waals surface area contributed by atoms with Crippen LogP contribution in [0.1, 0.15) is 24.4 Å². The lowest BCUT2D eigenvalue weighted by Crippen LogP contribution is -2.40. The Morgan fingerprint density at radius 2 is 1.73 bits per heavy atom. The Morgan fingerprint density at radius 1 is 1.07 bits per heavy atom. The van der Waals surface area contributed by atoms with Gasteiger partial charge in [-0.25, -0.2) is 4.79 Å². The van der Waals surface area contributed by atoms with Crippen molar-refractivity contribution in [3.05, 3.63) is 82.6 Å². The van der Waals surface area contributed by atoms with Gasteiger partial charge in [-0.2, -0.15) is 0 Å². The van der Waals surface area contributed by atoms with E-state index in [1.807, 2.05) is 25.1 Å². The average molecular weight is 408 g/mol. The van der Waals surface area contributed by atoms with Crippen LogP contribution in [0, 0.1) is 10.1 Å². The first-order chi connectivity index (χ1) is 14.4. The minimum Gasteiger partial charge on any atom is -0.449 e. The van der Waals surface area contributed by atoms with Crippen molar-refractivity contribution in [2.75, 3.05) is 11.4 Å². The molecule has 0 fully saturated rings. The Morgan fingerprint density at radius 3 is 2.33 bits per heavy atom. The van der Waals surface area contributed by atoms with Gasteiger partial charge < -0.3 is 14.1 Å². The molecule has 154 valence electrons. The van der Waals surface area contributed by atoms with Crippen LogP contribution >= 0.6 is 0 Å². The largest absolute Gasteiger partial charge is 0.449 e. The minimum absolute atomic E-state index is 0.0452. The summed E-state index contributed by atoms with van der Waals surface area (Å²) in [6.07, 6.45) is -1.01. The molecule has 8 nitrogen and oxygen atoms in total. The highest BCUT2D eigenvalue weighted by Gasteiger charge is 2.26. The standard InChI is InChI=1S/C22H20N2O6/c1-3-23(17-7-5-4-6-8-17)21(25)15(2)29-22(26)20-14-13-19(30-20)16-9-11-18(12-10-16)24(27)28/h4-15H,3H2,1-2H3/t15-/m0/s1. The van der Waals surface area contributed by atoms with Gasteiger partial charge in [-0.3, -0.25) is 14.9 Å². The van der Waals surface area contributed by atoms with Gasteiger partial charge in [0.1, 0.15) is 5.76 Å². The maximum absolute atomic E-state index is 12.7. The van der Waals surface area contributed by atoms with Gasteiger partial charge in [0.2, 0.25) is 5.76 Å². The number of rotatable bonds is 7. The normalized spacial score (nSPS) is 11.5. The summed E-state index contributed by atoms with van der Waals surface area (Å²) in [6.45, 7) is 3.77. The lowest BCUT2D eigenvalue weighted by atomic mass is 10.1. The quantitative estimate of drug-likeness (QED) is 0.325. The molecule has 1 heterocycles. The van der Waals surface area contributed by atoms with Crippen LogP contribution in [0.25, 0.3) is 11.3 Å². The number of hydrogen-bond donors (Lipinski definition) is 0. The Labute approximate surface area is 172 Å². The molecule has 0 saturated heterocycles. The van der Waals surface area contributed by atoms with E-state index in [9.17, 15) is 19.7 Å². The van der Waals surface area contributed by atoms with Crippen molar-refractivity contribution in [2.24, 2.45) is 0 Å². The monoisotopic (exact) mass is 408 g/mol. The van der Waals surface area contributed by atoms with Gasteiger partial charge in [-0.05, 0) is 50.2 Å². The van der Waals surface area contributed by atoms with Crippen LogP contribution < -0.4 is 4.90 Å². The van der Waals surface area contributed by atoms with Crippen LogP contribution in [0.2, 0.25) is 0 Å². The maximum atomic E-state index is 12.7. The molecule has 0 aliphatic rings. The zero-order chi connectivity index (χ0) is 21.7. The zero-order valence-corrected chi connectivity index (χ0v) is 16.5. The predicted octanol–water partition coefficient (Wildman–Crippen LogP) is 4.45. The molecule has 1 amide bonds. The number of hydrogen-bond acceptors (Lipinski definition) is 6. The minimum atomic E-state index is -1.01. The molecule has 0 aliphatic carbocycles. The summed E-state index contributed by atoms with van der Waals surface area (Å²) in [5.74, 6) is -0.826. The van der Waals surface area contributed by atoms with Crippen LogP contribution in [-0.4, -0.2) is 29.4 Å². The van der Waals surface area contributed by atoms with Crippen LogP contribution in [0.5, 0.6) is 0 Å². The molecule has 1 aromatic heterocycles. The molecule has 1 atom stereocenters. The Balaban J connectivity index is 1.68. The summed E-state index contributed by atoms with van der Waals surface area (Å²) in [7, 11) is 0. The second-order valence-corrected chi connectivity index (χ2v) is 6.43. The fourth-order valence-electron chi connectivity index (χ4n) is 2.91. The fourth-order valence-corrected chi connectivity index (χ4v) is 2.91. The number of nitro groups is 1. The summed E-state index contributed by atoms with van der Waals surface area (Å²) in [5.41, 5.74) is 1.24. The first-order valence-electron chi connectivity index (χ1n) is 9.32. The molecule has 30 heavy (non-hydrogen) atoms. The van der Waals surface area contributed by atoms with Gasteiger partial charge in [0.15, 0.2) is 6.10 Å². The number of carbonyl (C=O) groups excluding carboxylic acids is 2. The summed E-state index contributed by atoms with van der Waals surface area (Å²) in [5, 5.41) is 10.8. The molecule has 0 radical (unpaired) electrons. The molecule has 0 bridgehead atoms. The van der Waals surface area contributed by atoms with Crippen molar-refractivity contribution < 1.29 is 23.7 Å². The van der Waals surface area contributed by atoms with E-state index in [1.54, 1.807) is 18.2 Å². The number of benzene rings is 2. The number of furan rings is 1. The summed E-state index contributed by atoms with van der Waals surface area (Å²) in [4.78, 5) is 36.9. The number of anilines is 1. The van der Waals surface area contributed by atoms with Crippen LogP contribution in [0.3, 0.4) is 0 Å². The fraction of sp³-hybridized carbons (Fsp3) is 0.182. The number of likely N-dealkylation sites (N-methyl/N-ethyl adjacent to an activating group) is 1. The van der Waals surface area contributed by atoms with Gasteiger partial charge >= 0.3 is 5.97 Å². The third-order valence-electron chi connectivity index (χ3n) is 4.45. The molecular formula is C22H20N2O6. The van der Waals surface area contributed by atoms with Gasteiger partial charge in [0.25, 0.3) is 11.6 Å². The molecule has 0 spiro atoms. The molecule has 0 N–H and O–H groups in total. The molecule has 0 aliphatic heterocycles. The summed E-state index contributed by atoms with van der Waals surface area (Å²) < 4.78 is 10.8. The Kier molecular flexibility index (Phi) is 6.26. The highest BCUT2D eigenvalue weighted by molar-refractivity contribution is 5.98. The molecule has 2 aromatic carbocycles. The summed E-state index contributed by atoms with van der Waals surface area (Å²) >= 11 is 0. The zero-order valence-electron chi connectivity index (χ0n) is 16.5. The van der Waals surface area contributed by atoms with Crippen molar-refractivity contribution in [1.29, 1.82) is 0 Å². The molecule has 8 heteroatoms. The highest BCUT2D eigenvalue weighted by atomic mass is 16.6. The second kappa shape index (κ2) is 9.04. The van der Waals surface area contributed by atoms with E-state index in [-0.39, 0.29) is 17.4 Å². The Hall–Kier alpha value is -3.94. The van der Waals surface area contributed by atoms with Crippen LogP contribution in [0.15, 0.2) is 71.1 Å². The number of nitro benzene ring substituents is 1. The highest BCUT2D eigenvalue weighted by Crippen LogP contribution is 2.25. The SMILES string of the molecule is CCN(C(=O)[C@H](C)OC(=O)c1ccc(-c2ccc([N+](=O)[O-])cc2)o1)c1ccccc1. The number of esters is 1. The topological polar surface area (TPSA) is 103 Å². The third kappa shape index (κ3) is 4.54. The van der Waals surface area contributed by atoms with E-state index in [0.29, 0.717) is 23.6 Å². The number of non-ortho nitro benzene ring substituents is 1. The lowest BCUT2D eigenvalue weighted by Gasteiger charge is -2.24. The molecular weight excluding hydrogens is 388 g/mol. The predicted molar refractivity (Wildman–Crippen MR) is 110 cm³/mol. The second-order valence-electron chi connectivity index (χ2n) is 6.43. The van der Waals surface area contributed by atoms with Crippen molar-refractivity contribution >= 4 is 23.3 Å². The van der Waals surface area contributed by atoms with E-state index in [2.05, 4.69) is 0 Å². The maximum Gasteiger partial charge on any atom is 0.375 e. The number of para-hydroxylation sites is 1. The van der Waals surface area contributed by atoms with E-state index in [1.165, 1.54) is 42.2 Å². The first-order valence-corrected chi connectivity index (χ1v) is 9.32. The van der Waals surface area contributed by atoms with E-state index in [0.717, 1.165) is 0 Å². The van der Waals surface area contributed by atoms with Gasteiger partial charge in [-0.1, -0.05) is 18.2 Å². The Bertz CT molecular complexity index is 1040. The third-order valence-corrected chi connectivity index (χ3v) is 4.45. The van der Waals surface area contributed by atoms with Crippen molar-refractivity contribution in [2.45, 2.75) is 20.0 Å². The number of amides is 1. The first kappa shape index (κ1) is 20.8. The van der Waals surface area contributed by atoms with E-state index >= 15 is 0 Å². The molecule has 3 rings (SSSR count). The van der Waals surface area contributed by atoms with Crippen molar-refractivity contribution in [3.8, 4) is 11.3 Å². The molecule has 3 aromatic rings. The van der Waals surface area contributed by atoms with Crippen LogP contribution in [-0.2, 0) is 9.53 Å². The number of ether oxygens (including phenoxy) is 1. The number of carbonyl (C=O) groups is 2. The van der Waals surface area contributed by atoms with Crippen molar-refractivity contribution in [3.63, 3.8) is 0 Å². The van der Waals surface area contributed by atoms with Crippen molar-refractivity contribution in [1.82, 2.24) is 0 Å². The average Bonchev–Trinajstić information content (AvgIpc) is 3.25. The van der Waals surface area contributed by atoms with E-state index < -0.39 is 17.0 Å². The lowest BCUT2D eigenvalue weighted by molar-refractivity contribution is -0.384. The van der Waals surface area contributed by atoms with Gasteiger partial charge in [0, 0.05) is 29.9 Å². The smallest absolute Gasteiger partial charge is 0.375 e. The van der Waals surface area contributed by atoms with Gasteiger partial charge in [-0.15, -0.1) is 0 Å². The molecule has 0 saturated carbocycles. The van der Waals surface area contributed by atoms with Gasteiger partial charge in [0.05, 0.1) is 4.92 Å². The number of nitrogens with zero attached hydrogens (tertiary/aromatic N) is 2. The summed E-state index contributed by atoms with van der Waals surface area (Å²) in [6, 6.07) is 17.8.